The molecule has 5 nitrogen and oxygen atoms in total. The lowest BCUT2D eigenvalue weighted by Gasteiger charge is -2.17. The van der Waals surface area contributed by atoms with Crippen molar-refractivity contribution in [1.82, 2.24) is 10.2 Å². The van der Waals surface area contributed by atoms with Gasteiger partial charge in [0.05, 0.1) is 11.4 Å². The van der Waals surface area contributed by atoms with Crippen molar-refractivity contribution >= 4 is 23.5 Å². The summed E-state index contributed by atoms with van der Waals surface area (Å²) in [4.78, 5) is 17.6. The molecule has 2 unspecified atom stereocenters. The topological polar surface area (TPSA) is 61.4 Å². The Bertz CT molecular complexity index is 933. The fourth-order valence-electron chi connectivity index (χ4n) is 4.22. The van der Waals surface area contributed by atoms with Crippen molar-refractivity contribution in [2.75, 3.05) is 11.4 Å². The highest BCUT2D eigenvalue weighted by Crippen LogP contribution is 2.48. The van der Waals surface area contributed by atoms with Crippen LogP contribution in [-0.2, 0) is 17.6 Å². The van der Waals surface area contributed by atoms with Crippen LogP contribution >= 0.6 is 0 Å². The minimum absolute atomic E-state index is 0.350. The first kappa shape index (κ1) is 18.8. The number of halogens is 1. The number of aliphatic imine (C=N–C) groups is 1. The van der Waals surface area contributed by atoms with Gasteiger partial charge in [-0.1, -0.05) is 13.3 Å². The Morgan fingerprint density at radius 3 is 2.86 bits per heavy atom. The third kappa shape index (κ3) is 3.36. The maximum absolute atomic E-state index is 14.5. The van der Waals surface area contributed by atoms with Crippen molar-refractivity contribution in [2.45, 2.75) is 52.9 Å². The number of carbonyl (C=O) groups excluding carboxylic acids is 1. The number of hydrogen-bond acceptors (Lipinski definition) is 3. The number of anilines is 1. The Morgan fingerprint density at radius 1 is 1.36 bits per heavy atom. The maximum atomic E-state index is 14.5. The van der Waals surface area contributed by atoms with Gasteiger partial charge in [-0.15, -0.1) is 0 Å². The Morgan fingerprint density at radius 2 is 2.14 bits per heavy atom. The summed E-state index contributed by atoms with van der Waals surface area (Å²) in [6.07, 6.45) is 5.90. The number of carbonyl (C=O) groups is 1. The van der Waals surface area contributed by atoms with E-state index in [4.69, 9.17) is 4.99 Å². The highest BCUT2D eigenvalue weighted by Gasteiger charge is 2.43. The van der Waals surface area contributed by atoms with Gasteiger partial charge in [0.1, 0.15) is 11.5 Å². The molecule has 1 aromatic carbocycles. The molecule has 2 aromatic rings. The van der Waals surface area contributed by atoms with E-state index >= 15 is 0 Å². The lowest BCUT2D eigenvalue weighted by atomic mass is 9.93. The molecule has 0 spiro atoms. The average Bonchev–Trinajstić information content (AvgIpc) is 3.33. The van der Waals surface area contributed by atoms with E-state index in [1.165, 1.54) is 28.6 Å². The fourth-order valence-corrected chi connectivity index (χ4v) is 4.22. The van der Waals surface area contributed by atoms with Crippen molar-refractivity contribution < 1.29 is 9.18 Å². The second kappa shape index (κ2) is 7.49. The molecule has 148 valence electrons. The second-order valence-electron chi connectivity index (χ2n) is 7.97. The number of H-pyrrole nitrogens is 1. The van der Waals surface area contributed by atoms with Crippen molar-refractivity contribution in [3.05, 3.63) is 40.5 Å². The fraction of sp³-hybridized carbons (Fsp3) is 0.500. The molecule has 2 atom stereocenters. The summed E-state index contributed by atoms with van der Waals surface area (Å²) in [7, 11) is 0. The molecule has 0 radical (unpaired) electrons. The summed E-state index contributed by atoms with van der Waals surface area (Å²) in [5.41, 5.74) is 5.96. The molecule has 28 heavy (non-hydrogen) atoms. The average molecular weight is 382 g/mol. The number of rotatable bonds is 7. The van der Waals surface area contributed by atoms with E-state index in [9.17, 15) is 9.18 Å². The van der Waals surface area contributed by atoms with Crippen molar-refractivity contribution in [3.63, 3.8) is 0 Å². The highest BCUT2D eigenvalue weighted by atomic mass is 19.1. The van der Waals surface area contributed by atoms with Crippen molar-refractivity contribution in [2.24, 2.45) is 16.8 Å². The van der Waals surface area contributed by atoms with Gasteiger partial charge in [0.25, 0.3) is 0 Å². The number of benzene rings is 1. The lowest BCUT2D eigenvalue weighted by Crippen LogP contribution is -2.20. The van der Waals surface area contributed by atoms with E-state index in [1.807, 2.05) is 6.92 Å². The number of hydrogen-bond donors (Lipinski definition) is 1. The van der Waals surface area contributed by atoms with Gasteiger partial charge in [-0.25, -0.2) is 4.39 Å². The summed E-state index contributed by atoms with van der Waals surface area (Å²) < 4.78 is 14.5. The number of nitrogens with zero attached hydrogens (tertiary/aromatic N) is 3. The van der Waals surface area contributed by atoms with E-state index < -0.39 is 0 Å². The van der Waals surface area contributed by atoms with Crippen molar-refractivity contribution in [1.29, 1.82) is 0 Å². The molecule has 1 amide bonds. The predicted octanol–water partition coefficient (Wildman–Crippen LogP) is 4.50. The van der Waals surface area contributed by atoms with Gasteiger partial charge < -0.3 is 4.90 Å². The molecule has 4 rings (SSSR count). The van der Waals surface area contributed by atoms with Crippen LogP contribution in [0.1, 0.15) is 55.6 Å². The van der Waals surface area contributed by atoms with Gasteiger partial charge >= 0.3 is 0 Å². The maximum Gasteiger partial charge on any atom is 0.214 e. The Balaban J connectivity index is 1.77. The largest absolute Gasteiger partial charge is 0.315 e. The minimum Gasteiger partial charge on any atom is -0.315 e. The van der Waals surface area contributed by atoms with E-state index in [-0.39, 0.29) is 5.82 Å². The van der Waals surface area contributed by atoms with Gasteiger partial charge in [-0.3, -0.25) is 14.9 Å². The zero-order valence-electron chi connectivity index (χ0n) is 16.8. The van der Waals surface area contributed by atoms with Gasteiger partial charge in [-0.05, 0) is 63.5 Å². The number of amides is 1. The van der Waals surface area contributed by atoms with Crippen LogP contribution in [0.3, 0.4) is 0 Å². The van der Waals surface area contributed by atoms with Crippen molar-refractivity contribution in [3.8, 4) is 0 Å². The Kier molecular flexibility index (Phi) is 5.04. The molecule has 1 aromatic heterocycles. The van der Waals surface area contributed by atoms with Crippen LogP contribution in [0.5, 0.6) is 0 Å². The van der Waals surface area contributed by atoms with Crippen LogP contribution in [-0.4, -0.2) is 28.9 Å². The number of fused-ring (bicyclic) bond motifs is 2. The zero-order valence-corrected chi connectivity index (χ0v) is 16.8. The van der Waals surface area contributed by atoms with Crippen LogP contribution in [0.2, 0.25) is 0 Å². The summed E-state index contributed by atoms with van der Waals surface area (Å²) in [6.45, 7) is 6.18. The molecular weight excluding hydrogens is 355 g/mol. The van der Waals surface area contributed by atoms with Crippen LogP contribution in [0.15, 0.2) is 17.1 Å². The van der Waals surface area contributed by atoms with Crippen LogP contribution in [0.25, 0.3) is 0 Å². The molecule has 6 heteroatoms. The SMILES string of the molecule is CCCC(=Nc1cc(N(C=O)CC)cc(F)c1C)c1n[nH]c2c1CC1CC1C2. The van der Waals surface area contributed by atoms with Gasteiger partial charge in [0.2, 0.25) is 6.41 Å². The summed E-state index contributed by atoms with van der Waals surface area (Å²) in [5.74, 6) is 1.26. The Labute approximate surface area is 165 Å². The number of aromatic amines is 1. The normalized spacial score (nSPS) is 20.5. The first-order valence-corrected chi connectivity index (χ1v) is 10.2. The van der Waals surface area contributed by atoms with Crippen LogP contribution in [0, 0.1) is 24.6 Å². The van der Waals surface area contributed by atoms with E-state index in [1.54, 1.807) is 13.0 Å². The molecule has 2 aliphatic carbocycles. The molecule has 0 bridgehead atoms. The predicted molar refractivity (Wildman–Crippen MR) is 109 cm³/mol. The molecular formula is C22H27FN4O. The van der Waals surface area contributed by atoms with E-state index in [2.05, 4.69) is 17.1 Å². The first-order valence-electron chi connectivity index (χ1n) is 10.2. The lowest BCUT2D eigenvalue weighted by molar-refractivity contribution is -0.107. The monoisotopic (exact) mass is 382 g/mol. The second-order valence-corrected chi connectivity index (χ2v) is 7.97. The molecule has 1 fully saturated rings. The summed E-state index contributed by atoms with van der Waals surface area (Å²) in [6, 6.07) is 3.19. The van der Waals surface area contributed by atoms with Gasteiger partial charge in [0, 0.05) is 29.1 Å². The molecule has 0 saturated heterocycles. The third-order valence-corrected chi connectivity index (χ3v) is 6.07. The van der Waals surface area contributed by atoms with Crippen LogP contribution in [0.4, 0.5) is 15.8 Å². The number of nitrogens with one attached hydrogen (secondary N) is 1. The smallest absolute Gasteiger partial charge is 0.214 e. The quantitative estimate of drug-likeness (QED) is 0.566. The summed E-state index contributed by atoms with van der Waals surface area (Å²) >= 11 is 0. The third-order valence-electron chi connectivity index (χ3n) is 6.07. The van der Waals surface area contributed by atoms with E-state index in [0.717, 1.165) is 55.3 Å². The molecule has 1 saturated carbocycles. The zero-order chi connectivity index (χ0) is 19.8. The standard InChI is InChI=1S/C22H27FN4O/c1-4-6-19(22-17-8-14-7-15(14)9-21(17)25-26-22)24-20-11-16(27(5-2)12-28)10-18(23)13(20)3/h10-12,14-15H,4-9H2,1-3H3,(H,25,26). The van der Waals surface area contributed by atoms with E-state index in [0.29, 0.717) is 23.5 Å². The first-order chi connectivity index (χ1) is 13.5. The minimum atomic E-state index is -0.350. The highest BCUT2D eigenvalue weighted by molar-refractivity contribution is 6.02. The van der Waals surface area contributed by atoms with Crippen LogP contribution < -0.4 is 4.90 Å². The molecule has 0 aliphatic heterocycles. The van der Waals surface area contributed by atoms with Gasteiger partial charge in [-0.2, -0.15) is 5.10 Å². The Hall–Kier alpha value is -2.50. The molecule has 1 heterocycles. The molecule has 1 N–H and O–H groups in total. The molecule has 2 aliphatic rings. The van der Waals surface area contributed by atoms with Gasteiger partial charge in [0.15, 0.2) is 0 Å². The number of aromatic nitrogens is 2. The summed E-state index contributed by atoms with van der Waals surface area (Å²) in [5, 5.41) is 7.82.